The molecular formula is C34H20O2. The first-order chi connectivity index (χ1) is 17.8. The van der Waals surface area contributed by atoms with Gasteiger partial charge in [-0.2, -0.15) is 0 Å². The lowest BCUT2D eigenvalue weighted by atomic mass is 9.89. The van der Waals surface area contributed by atoms with Crippen molar-refractivity contribution in [1.82, 2.24) is 0 Å². The van der Waals surface area contributed by atoms with Gasteiger partial charge >= 0.3 is 0 Å². The topological polar surface area (TPSA) is 22.4 Å². The summed E-state index contributed by atoms with van der Waals surface area (Å²) < 4.78 is 12.5. The summed E-state index contributed by atoms with van der Waals surface area (Å²) >= 11 is 0. The number of para-hydroxylation sites is 1. The number of rotatable bonds is 2. The molecule has 1 aromatic heterocycles. The van der Waals surface area contributed by atoms with Crippen molar-refractivity contribution < 1.29 is 9.15 Å². The summed E-state index contributed by atoms with van der Waals surface area (Å²) in [6.45, 7) is 0. The van der Waals surface area contributed by atoms with Crippen LogP contribution in [0.5, 0.6) is 11.5 Å². The first-order valence-electron chi connectivity index (χ1n) is 12.2. The van der Waals surface area contributed by atoms with E-state index in [0.29, 0.717) is 0 Å². The minimum absolute atomic E-state index is 0.886. The Labute approximate surface area is 208 Å². The summed E-state index contributed by atoms with van der Waals surface area (Å²) in [6.07, 6.45) is 0. The molecule has 0 bridgehead atoms. The van der Waals surface area contributed by atoms with Crippen molar-refractivity contribution >= 4 is 32.7 Å². The van der Waals surface area contributed by atoms with Gasteiger partial charge in [-0.05, 0) is 69.6 Å². The van der Waals surface area contributed by atoms with E-state index in [9.17, 15) is 0 Å². The zero-order chi connectivity index (χ0) is 23.6. The SMILES string of the molecule is c1ccc(-c2ccc3c4c(cccc24)Oc2cc(-c4ccc5oc6ccccc6c5c4)ccc2-3)cc1. The highest BCUT2D eigenvalue weighted by Gasteiger charge is 2.22. The van der Waals surface area contributed by atoms with Crippen molar-refractivity contribution in [3.05, 3.63) is 121 Å². The average molecular weight is 461 g/mol. The highest BCUT2D eigenvalue weighted by Crippen LogP contribution is 2.49. The van der Waals surface area contributed by atoms with E-state index in [4.69, 9.17) is 9.15 Å². The number of benzene rings is 6. The molecule has 6 aromatic carbocycles. The van der Waals surface area contributed by atoms with Crippen LogP contribution < -0.4 is 4.74 Å². The minimum Gasteiger partial charge on any atom is -0.456 e. The molecule has 1 aliphatic heterocycles. The van der Waals surface area contributed by atoms with Gasteiger partial charge in [-0.25, -0.2) is 0 Å². The number of hydrogen-bond donors (Lipinski definition) is 0. The maximum Gasteiger partial charge on any atom is 0.135 e. The van der Waals surface area contributed by atoms with Crippen LogP contribution in [0.15, 0.2) is 126 Å². The first kappa shape index (κ1) is 19.5. The Morgan fingerprint density at radius 3 is 2.06 bits per heavy atom. The molecule has 2 nitrogen and oxygen atoms in total. The predicted octanol–water partition coefficient (Wildman–Crippen LogP) is 9.85. The second kappa shape index (κ2) is 7.34. The van der Waals surface area contributed by atoms with Crippen molar-refractivity contribution in [2.75, 3.05) is 0 Å². The third kappa shape index (κ3) is 2.79. The highest BCUT2D eigenvalue weighted by molar-refractivity contribution is 6.10. The second-order valence-corrected chi connectivity index (χ2v) is 9.33. The van der Waals surface area contributed by atoms with Gasteiger partial charge in [0.2, 0.25) is 0 Å². The molecule has 0 N–H and O–H groups in total. The molecule has 0 radical (unpaired) electrons. The Morgan fingerprint density at radius 2 is 1.11 bits per heavy atom. The van der Waals surface area contributed by atoms with E-state index < -0.39 is 0 Å². The molecule has 8 rings (SSSR count). The summed E-state index contributed by atoms with van der Waals surface area (Å²) in [7, 11) is 0. The number of fused-ring (bicyclic) bond motifs is 5. The van der Waals surface area contributed by atoms with E-state index in [-0.39, 0.29) is 0 Å². The molecule has 0 fully saturated rings. The average Bonchev–Trinajstić information content (AvgIpc) is 3.31. The van der Waals surface area contributed by atoms with Gasteiger partial charge in [-0.1, -0.05) is 84.9 Å². The fourth-order valence-electron chi connectivity index (χ4n) is 5.59. The molecule has 36 heavy (non-hydrogen) atoms. The van der Waals surface area contributed by atoms with Gasteiger partial charge in [-0.15, -0.1) is 0 Å². The lowest BCUT2D eigenvalue weighted by Crippen LogP contribution is -1.98. The lowest BCUT2D eigenvalue weighted by molar-refractivity contribution is 0.487. The molecule has 0 saturated heterocycles. The summed E-state index contributed by atoms with van der Waals surface area (Å²) in [6, 6.07) is 42.5. The number of hydrogen-bond acceptors (Lipinski definition) is 2. The van der Waals surface area contributed by atoms with Gasteiger partial charge in [0.25, 0.3) is 0 Å². The fourth-order valence-corrected chi connectivity index (χ4v) is 5.59. The largest absolute Gasteiger partial charge is 0.456 e. The Balaban J connectivity index is 1.28. The molecule has 168 valence electrons. The van der Waals surface area contributed by atoms with Gasteiger partial charge in [0.15, 0.2) is 0 Å². The molecule has 1 aliphatic rings. The molecule has 0 spiro atoms. The smallest absolute Gasteiger partial charge is 0.135 e. The molecule has 2 heterocycles. The highest BCUT2D eigenvalue weighted by atomic mass is 16.5. The minimum atomic E-state index is 0.886. The van der Waals surface area contributed by atoms with E-state index in [0.717, 1.165) is 50.1 Å². The second-order valence-electron chi connectivity index (χ2n) is 9.33. The van der Waals surface area contributed by atoms with E-state index >= 15 is 0 Å². The van der Waals surface area contributed by atoms with Crippen molar-refractivity contribution in [2.24, 2.45) is 0 Å². The van der Waals surface area contributed by atoms with E-state index in [1.54, 1.807) is 0 Å². The van der Waals surface area contributed by atoms with Crippen molar-refractivity contribution in [3.8, 4) is 44.9 Å². The van der Waals surface area contributed by atoms with Gasteiger partial charge in [0.1, 0.15) is 22.7 Å². The van der Waals surface area contributed by atoms with Crippen LogP contribution in [0.2, 0.25) is 0 Å². The van der Waals surface area contributed by atoms with E-state index in [1.165, 1.54) is 27.5 Å². The maximum atomic E-state index is 6.53. The molecule has 0 unspecified atom stereocenters. The van der Waals surface area contributed by atoms with Gasteiger partial charge in [0.05, 0.1) is 0 Å². The van der Waals surface area contributed by atoms with E-state index in [2.05, 4.69) is 109 Å². The summed E-state index contributed by atoms with van der Waals surface area (Å²) in [5.74, 6) is 1.79. The van der Waals surface area contributed by atoms with Crippen LogP contribution in [0.25, 0.3) is 66.1 Å². The Kier molecular flexibility index (Phi) is 3.97. The Morgan fingerprint density at radius 1 is 0.389 bits per heavy atom. The molecule has 0 saturated carbocycles. The zero-order valence-corrected chi connectivity index (χ0v) is 19.4. The van der Waals surface area contributed by atoms with Crippen LogP contribution >= 0.6 is 0 Å². The molecule has 7 aromatic rings. The Hall–Kier alpha value is -4.82. The monoisotopic (exact) mass is 460 g/mol. The van der Waals surface area contributed by atoms with E-state index in [1.807, 2.05) is 12.1 Å². The van der Waals surface area contributed by atoms with Crippen molar-refractivity contribution in [2.45, 2.75) is 0 Å². The normalized spacial score (nSPS) is 12.1. The van der Waals surface area contributed by atoms with Crippen LogP contribution in [0.4, 0.5) is 0 Å². The molecular weight excluding hydrogens is 440 g/mol. The first-order valence-corrected chi connectivity index (χ1v) is 12.2. The summed E-state index contributed by atoms with van der Waals surface area (Å²) in [4.78, 5) is 0. The molecule has 0 amide bonds. The Bertz CT molecular complexity index is 1960. The quantitative estimate of drug-likeness (QED) is 0.256. The van der Waals surface area contributed by atoms with Crippen LogP contribution in [-0.2, 0) is 0 Å². The van der Waals surface area contributed by atoms with Crippen LogP contribution in [0.1, 0.15) is 0 Å². The van der Waals surface area contributed by atoms with Gasteiger partial charge in [-0.3, -0.25) is 0 Å². The third-order valence-corrected chi connectivity index (χ3v) is 7.29. The van der Waals surface area contributed by atoms with Crippen LogP contribution in [0, 0.1) is 0 Å². The van der Waals surface area contributed by atoms with Crippen molar-refractivity contribution in [3.63, 3.8) is 0 Å². The zero-order valence-electron chi connectivity index (χ0n) is 19.4. The fraction of sp³-hybridized carbons (Fsp3) is 0. The molecule has 2 heteroatoms. The third-order valence-electron chi connectivity index (χ3n) is 7.29. The lowest BCUT2D eigenvalue weighted by Gasteiger charge is -2.23. The maximum absolute atomic E-state index is 6.53. The summed E-state index contributed by atoms with van der Waals surface area (Å²) in [5.41, 5.74) is 8.86. The van der Waals surface area contributed by atoms with Crippen molar-refractivity contribution in [1.29, 1.82) is 0 Å². The molecule has 0 atom stereocenters. The number of furan rings is 1. The molecule has 0 aliphatic carbocycles. The van der Waals surface area contributed by atoms with Gasteiger partial charge < -0.3 is 9.15 Å². The van der Waals surface area contributed by atoms with Gasteiger partial charge in [0, 0.05) is 21.7 Å². The summed E-state index contributed by atoms with van der Waals surface area (Å²) in [5, 5.41) is 4.65. The number of ether oxygens (including phenoxy) is 1. The van der Waals surface area contributed by atoms with Crippen LogP contribution in [0.3, 0.4) is 0 Å². The predicted molar refractivity (Wildman–Crippen MR) is 148 cm³/mol. The van der Waals surface area contributed by atoms with Crippen LogP contribution in [-0.4, -0.2) is 0 Å². The standard InChI is InChI=1S/C34H20O2/c1-2-7-21(8-3-1)24-16-17-28-26-15-13-23(20-33(26)36-32-12-6-10-27(24)34(28)32)22-14-18-31-29(19-22)25-9-4-5-11-30(25)35-31/h1-20H.